The summed E-state index contributed by atoms with van der Waals surface area (Å²) in [5, 5.41) is 3.32. The van der Waals surface area contributed by atoms with E-state index in [0.29, 0.717) is 16.6 Å². The van der Waals surface area contributed by atoms with E-state index >= 15 is 0 Å². The number of carbonyl (C=O) groups is 1. The molecular formula is C19H20N4O2. The second kappa shape index (κ2) is 6.76. The highest BCUT2D eigenvalue weighted by atomic mass is 16.2. The number of aryl methyl sites for hydroxylation is 1. The highest BCUT2D eigenvalue weighted by Crippen LogP contribution is 2.15. The minimum absolute atomic E-state index is 0.0782. The third kappa shape index (κ3) is 3.68. The maximum absolute atomic E-state index is 12.5. The molecular weight excluding hydrogens is 316 g/mol. The fourth-order valence-corrected chi connectivity index (χ4v) is 2.58. The number of benzene rings is 2. The molecule has 3 rings (SSSR count). The molecule has 0 saturated heterocycles. The van der Waals surface area contributed by atoms with Gasteiger partial charge in [-0.2, -0.15) is 0 Å². The maximum Gasteiger partial charge on any atom is 0.261 e. The van der Waals surface area contributed by atoms with Gasteiger partial charge in [-0.1, -0.05) is 11.6 Å². The van der Waals surface area contributed by atoms with Gasteiger partial charge in [0, 0.05) is 25.5 Å². The molecule has 1 amide bonds. The molecule has 2 aromatic carbocycles. The number of nitrogens with one attached hydrogen (secondary N) is 1. The summed E-state index contributed by atoms with van der Waals surface area (Å²) in [6.45, 7) is 1.84. The number of anilines is 2. The Morgan fingerprint density at radius 1 is 1.16 bits per heavy atom. The molecule has 128 valence electrons. The minimum atomic E-state index is -0.270. The van der Waals surface area contributed by atoms with E-state index in [1.165, 1.54) is 10.9 Å². The first-order chi connectivity index (χ1) is 11.9. The fraction of sp³-hybridized carbons (Fsp3) is 0.211. The molecule has 0 spiro atoms. The topological polar surface area (TPSA) is 67.2 Å². The first-order valence-corrected chi connectivity index (χ1v) is 7.97. The molecule has 0 aliphatic heterocycles. The Bertz CT molecular complexity index is 975. The zero-order valence-corrected chi connectivity index (χ0v) is 14.5. The summed E-state index contributed by atoms with van der Waals surface area (Å²) in [5.74, 6) is -0.270. The fourth-order valence-electron chi connectivity index (χ4n) is 2.58. The van der Waals surface area contributed by atoms with Crippen molar-refractivity contribution < 1.29 is 4.79 Å². The molecule has 6 heteroatoms. The van der Waals surface area contributed by atoms with Crippen molar-refractivity contribution >= 4 is 28.2 Å². The molecule has 0 radical (unpaired) electrons. The quantitative estimate of drug-likeness (QED) is 0.794. The molecule has 0 saturated carbocycles. The lowest BCUT2D eigenvalue weighted by Crippen LogP contribution is -2.28. The van der Waals surface area contributed by atoms with Gasteiger partial charge >= 0.3 is 0 Å². The van der Waals surface area contributed by atoms with Gasteiger partial charge in [0.1, 0.15) is 6.54 Å². The number of amides is 1. The smallest absolute Gasteiger partial charge is 0.261 e. The number of rotatable bonds is 4. The van der Waals surface area contributed by atoms with E-state index in [0.717, 1.165) is 11.3 Å². The molecule has 0 bridgehead atoms. The number of hydrogen-bond donors (Lipinski definition) is 1. The van der Waals surface area contributed by atoms with Gasteiger partial charge in [-0.3, -0.25) is 14.2 Å². The standard InChI is InChI=1S/C19H20N4O2/c1-13-4-9-17-16(10-13)19(25)23(12-20-17)11-18(24)21-14-5-7-15(8-6-14)22(2)3/h4-10,12H,11H2,1-3H3,(H,21,24). The molecule has 0 aliphatic rings. The number of nitrogens with zero attached hydrogens (tertiary/aromatic N) is 3. The van der Waals surface area contributed by atoms with E-state index < -0.39 is 0 Å². The normalized spacial score (nSPS) is 10.7. The van der Waals surface area contributed by atoms with E-state index in [9.17, 15) is 9.59 Å². The Morgan fingerprint density at radius 2 is 1.88 bits per heavy atom. The zero-order valence-electron chi connectivity index (χ0n) is 14.5. The van der Waals surface area contributed by atoms with Crippen molar-refractivity contribution in [1.29, 1.82) is 0 Å². The Balaban J connectivity index is 1.77. The van der Waals surface area contributed by atoms with Gasteiger partial charge in [-0.25, -0.2) is 4.98 Å². The molecule has 25 heavy (non-hydrogen) atoms. The molecule has 6 nitrogen and oxygen atoms in total. The van der Waals surface area contributed by atoms with Crippen molar-refractivity contribution in [2.24, 2.45) is 0 Å². The number of fused-ring (bicyclic) bond motifs is 1. The molecule has 0 fully saturated rings. The highest BCUT2D eigenvalue weighted by Gasteiger charge is 2.09. The van der Waals surface area contributed by atoms with Crippen LogP contribution in [-0.2, 0) is 11.3 Å². The average Bonchev–Trinajstić information content (AvgIpc) is 2.58. The van der Waals surface area contributed by atoms with Crippen LogP contribution in [0.1, 0.15) is 5.56 Å². The summed E-state index contributed by atoms with van der Waals surface area (Å²) in [5.41, 5.74) is 3.13. The highest BCUT2D eigenvalue weighted by molar-refractivity contribution is 5.91. The largest absolute Gasteiger partial charge is 0.378 e. The van der Waals surface area contributed by atoms with Crippen LogP contribution in [-0.4, -0.2) is 29.6 Å². The molecule has 1 N–H and O–H groups in total. The van der Waals surface area contributed by atoms with Crippen LogP contribution in [0, 0.1) is 6.92 Å². The minimum Gasteiger partial charge on any atom is -0.378 e. The van der Waals surface area contributed by atoms with Gasteiger partial charge in [0.15, 0.2) is 0 Å². The van der Waals surface area contributed by atoms with Crippen molar-refractivity contribution in [2.45, 2.75) is 13.5 Å². The average molecular weight is 336 g/mol. The number of aromatic nitrogens is 2. The molecule has 3 aromatic rings. The third-order valence-electron chi connectivity index (χ3n) is 3.96. The Morgan fingerprint density at radius 3 is 2.56 bits per heavy atom. The van der Waals surface area contributed by atoms with Crippen LogP contribution < -0.4 is 15.8 Å². The van der Waals surface area contributed by atoms with Gasteiger partial charge in [-0.05, 0) is 43.3 Å². The summed E-state index contributed by atoms with van der Waals surface area (Å²) >= 11 is 0. The monoisotopic (exact) mass is 336 g/mol. The van der Waals surface area contributed by atoms with Gasteiger partial charge in [0.25, 0.3) is 5.56 Å². The first kappa shape index (κ1) is 16.7. The molecule has 1 heterocycles. The summed E-state index contributed by atoms with van der Waals surface area (Å²) in [4.78, 5) is 31.0. The van der Waals surface area contributed by atoms with E-state index in [-0.39, 0.29) is 18.0 Å². The zero-order chi connectivity index (χ0) is 18.0. The van der Waals surface area contributed by atoms with Gasteiger partial charge in [-0.15, -0.1) is 0 Å². The second-order valence-electron chi connectivity index (χ2n) is 6.19. The molecule has 1 aromatic heterocycles. The van der Waals surface area contributed by atoms with E-state index in [2.05, 4.69) is 10.3 Å². The summed E-state index contributed by atoms with van der Waals surface area (Å²) < 4.78 is 1.32. The van der Waals surface area contributed by atoms with Crippen LogP contribution in [0.4, 0.5) is 11.4 Å². The summed E-state index contributed by atoms with van der Waals surface area (Å²) in [6, 6.07) is 13.0. The van der Waals surface area contributed by atoms with Crippen molar-refractivity contribution in [3.05, 3.63) is 64.7 Å². The first-order valence-electron chi connectivity index (χ1n) is 7.97. The Hall–Kier alpha value is -3.15. The SMILES string of the molecule is Cc1ccc2ncn(CC(=O)Nc3ccc(N(C)C)cc3)c(=O)c2c1. The van der Waals surface area contributed by atoms with Crippen LogP contribution >= 0.6 is 0 Å². The van der Waals surface area contributed by atoms with Gasteiger partial charge < -0.3 is 10.2 Å². The molecule has 0 aliphatic carbocycles. The second-order valence-corrected chi connectivity index (χ2v) is 6.19. The number of carbonyl (C=O) groups excluding carboxylic acids is 1. The summed E-state index contributed by atoms with van der Waals surface area (Å²) in [6.07, 6.45) is 1.41. The Kier molecular flexibility index (Phi) is 4.52. The van der Waals surface area contributed by atoms with Gasteiger partial charge in [0.2, 0.25) is 5.91 Å². The van der Waals surface area contributed by atoms with Crippen LogP contribution in [0.25, 0.3) is 10.9 Å². The lowest BCUT2D eigenvalue weighted by molar-refractivity contribution is -0.116. The van der Waals surface area contributed by atoms with E-state index in [1.54, 1.807) is 6.07 Å². The lowest BCUT2D eigenvalue weighted by atomic mass is 10.2. The third-order valence-corrected chi connectivity index (χ3v) is 3.96. The van der Waals surface area contributed by atoms with Crippen LogP contribution in [0.3, 0.4) is 0 Å². The number of hydrogen-bond acceptors (Lipinski definition) is 4. The predicted molar refractivity (Wildman–Crippen MR) is 100 cm³/mol. The van der Waals surface area contributed by atoms with Crippen molar-refractivity contribution in [3.8, 4) is 0 Å². The van der Waals surface area contributed by atoms with Crippen LogP contribution in [0.15, 0.2) is 53.6 Å². The van der Waals surface area contributed by atoms with E-state index in [1.807, 2.05) is 62.3 Å². The summed E-state index contributed by atoms with van der Waals surface area (Å²) in [7, 11) is 3.91. The van der Waals surface area contributed by atoms with Crippen molar-refractivity contribution in [3.63, 3.8) is 0 Å². The van der Waals surface area contributed by atoms with Crippen molar-refractivity contribution in [2.75, 3.05) is 24.3 Å². The van der Waals surface area contributed by atoms with Crippen molar-refractivity contribution in [1.82, 2.24) is 9.55 Å². The molecule has 0 atom stereocenters. The predicted octanol–water partition coefficient (Wildman–Crippen LogP) is 2.41. The maximum atomic E-state index is 12.5. The van der Waals surface area contributed by atoms with Crippen LogP contribution in [0.2, 0.25) is 0 Å². The van der Waals surface area contributed by atoms with E-state index in [4.69, 9.17) is 0 Å². The van der Waals surface area contributed by atoms with Crippen LogP contribution in [0.5, 0.6) is 0 Å². The van der Waals surface area contributed by atoms with Gasteiger partial charge in [0.05, 0.1) is 17.2 Å². The lowest BCUT2D eigenvalue weighted by Gasteiger charge is -2.13. The molecule has 0 unspecified atom stereocenters. The Labute approximate surface area is 145 Å².